The Labute approximate surface area is 128 Å². The number of aliphatic carboxylic acids is 1. The minimum absolute atomic E-state index is 0.177. The topological polar surface area (TPSA) is 165 Å². The molecule has 0 spiro atoms. The molecule has 0 fully saturated rings. The van der Waals surface area contributed by atoms with Gasteiger partial charge in [-0.2, -0.15) is 0 Å². The van der Waals surface area contributed by atoms with Crippen molar-refractivity contribution in [1.82, 2.24) is 10.6 Å². The van der Waals surface area contributed by atoms with Crippen molar-refractivity contribution in [2.45, 2.75) is 51.7 Å². The third-order valence-electron chi connectivity index (χ3n) is 2.83. The Hall–Kier alpha value is -2.16. The van der Waals surface area contributed by atoms with Crippen LogP contribution >= 0.6 is 0 Å². The minimum atomic E-state index is -1.26. The van der Waals surface area contributed by atoms with Gasteiger partial charge in [0, 0.05) is 0 Å². The Morgan fingerprint density at radius 1 is 1.05 bits per heavy atom. The second kappa shape index (κ2) is 8.98. The molecule has 0 aliphatic carbocycles. The fourth-order valence-corrected chi connectivity index (χ4v) is 1.68. The monoisotopic (exact) mass is 316 g/mol. The highest BCUT2D eigenvalue weighted by molar-refractivity contribution is 5.94. The Balaban J connectivity index is 4.83. The second-order valence-corrected chi connectivity index (χ2v) is 5.54. The molecular weight excluding hydrogens is 292 g/mol. The third-order valence-corrected chi connectivity index (χ3v) is 2.83. The highest BCUT2D eigenvalue weighted by atomic mass is 16.4. The number of nitrogens with two attached hydrogens (primary N) is 2. The first kappa shape index (κ1) is 19.8. The van der Waals surface area contributed by atoms with Gasteiger partial charge >= 0.3 is 5.97 Å². The van der Waals surface area contributed by atoms with Crippen molar-refractivity contribution in [2.24, 2.45) is 17.4 Å². The second-order valence-electron chi connectivity index (χ2n) is 5.54. The number of carbonyl (C=O) groups excluding carboxylic acids is 3. The largest absolute Gasteiger partial charge is 0.480 e. The van der Waals surface area contributed by atoms with Crippen LogP contribution in [0.1, 0.15) is 33.6 Å². The van der Waals surface area contributed by atoms with Crippen LogP contribution < -0.4 is 22.1 Å². The molecule has 0 bridgehead atoms. The number of carbonyl (C=O) groups is 4. The molecule has 0 rings (SSSR count). The lowest BCUT2D eigenvalue weighted by Crippen LogP contribution is -2.55. The maximum absolute atomic E-state index is 11.9. The molecule has 22 heavy (non-hydrogen) atoms. The fraction of sp³-hybridized carbons (Fsp3) is 0.692. The van der Waals surface area contributed by atoms with Gasteiger partial charge in [-0.05, 0) is 19.3 Å². The minimum Gasteiger partial charge on any atom is -0.480 e. The fourth-order valence-electron chi connectivity index (χ4n) is 1.68. The number of carboxylic acids is 1. The number of nitrogens with one attached hydrogen (secondary N) is 2. The molecule has 3 amide bonds. The van der Waals surface area contributed by atoms with Crippen molar-refractivity contribution in [2.75, 3.05) is 0 Å². The van der Waals surface area contributed by atoms with Gasteiger partial charge in [-0.1, -0.05) is 13.8 Å². The van der Waals surface area contributed by atoms with E-state index in [0.717, 1.165) is 0 Å². The lowest BCUT2D eigenvalue weighted by molar-refractivity contribution is -0.141. The smallest absolute Gasteiger partial charge is 0.325 e. The third kappa shape index (κ3) is 7.58. The van der Waals surface area contributed by atoms with Gasteiger partial charge in [0.25, 0.3) is 0 Å². The zero-order valence-corrected chi connectivity index (χ0v) is 13.0. The quantitative estimate of drug-likeness (QED) is 0.340. The summed E-state index contributed by atoms with van der Waals surface area (Å²) in [7, 11) is 0. The summed E-state index contributed by atoms with van der Waals surface area (Å²) in [6.45, 7) is 5.03. The number of amides is 3. The van der Waals surface area contributed by atoms with Crippen LogP contribution in [0.3, 0.4) is 0 Å². The number of primary amides is 1. The molecule has 0 aromatic rings. The molecule has 0 saturated heterocycles. The van der Waals surface area contributed by atoms with Gasteiger partial charge in [-0.25, -0.2) is 0 Å². The Morgan fingerprint density at radius 2 is 1.59 bits per heavy atom. The van der Waals surface area contributed by atoms with Crippen LogP contribution in [0.25, 0.3) is 0 Å². The molecule has 9 heteroatoms. The number of hydrogen-bond acceptors (Lipinski definition) is 5. The molecule has 0 aliphatic heterocycles. The van der Waals surface area contributed by atoms with E-state index in [9.17, 15) is 19.2 Å². The van der Waals surface area contributed by atoms with Crippen LogP contribution in [0, 0.1) is 5.92 Å². The Bertz CT molecular complexity index is 438. The van der Waals surface area contributed by atoms with E-state index in [4.69, 9.17) is 16.6 Å². The molecule has 0 aromatic carbocycles. The maximum Gasteiger partial charge on any atom is 0.325 e. The Morgan fingerprint density at radius 3 is 2.00 bits per heavy atom. The van der Waals surface area contributed by atoms with Crippen molar-refractivity contribution in [3.63, 3.8) is 0 Å². The van der Waals surface area contributed by atoms with E-state index >= 15 is 0 Å². The first-order valence-electron chi connectivity index (χ1n) is 6.92. The van der Waals surface area contributed by atoms with Gasteiger partial charge in [0.2, 0.25) is 17.7 Å². The van der Waals surface area contributed by atoms with Crippen molar-refractivity contribution >= 4 is 23.7 Å². The molecule has 0 aliphatic rings. The molecular formula is C13H24N4O5. The number of carboxylic acid groups (broad SMARTS) is 1. The molecule has 7 N–H and O–H groups in total. The predicted molar refractivity (Wildman–Crippen MR) is 78.4 cm³/mol. The van der Waals surface area contributed by atoms with Crippen LogP contribution in [0.5, 0.6) is 0 Å². The van der Waals surface area contributed by atoms with Crippen molar-refractivity contribution < 1.29 is 24.3 Å². The van der Waals surface area contributed by atoms with Crippen LogP contribution in [-0.4, -0.2) is 46.9 Å². The first-order valence-corrected chi connectivity index (χ1v) is 6.92. The lowest BCUT2D eigenvalue weighted by atomic mass is 10.0. The van der Waals surface area contributed by atoms with E-state index in [1.807, 2.05) is 13.8 Å². The van der Waals surface area contributed by atoms with Crippen LogP contribution in [0.2, 0.25) is 0 Å². The first-order chi connectivity index (χ1) is 10.0. The van der Waals surface area contributed by atoms with E-state index in [-0.39, 0.29) is 5.92 Å². The molecule has 0 saturated carbocycles. The van der Waals surface area contributed by atoms with Gasteiger partial charge < -0.3 is 27.2 Å². The van der Waals surface area contributed by atoms with Gasteiger partial charge in [-0.15, -0.1) is 0 Å². The highest BCUT2D eigenvalue weighted by Gasteiger charge is 2.27. The van der Waals surface area contributed by atoms with Crippen molar-refractivity contribution in [3.05, 3.63) is 0 Å². The molecule has 3 unspecified atom stereocenters. The van der Waals surface area contributed by atoms with Gasteiger partial charge in [0.1, 0.15) is 12.1 Å². The maximum atomic E-state index is 11.9. The molecule has 9 nitrogen and oxygen atoms in total. The summed E-state index contributed by atoms with van der Waals surface area (Å²) in [5.74, 6) is -3.28. The predicted octanol–water partition coefficient (Wildman–Crippen LogP) is -1.69. The molecule has 126 valence electrons. The summed E-state index contributed by atoms with van der Waals surface area (Å²) < 4.78 is 0. The Kier molecular flexibility index (Phi) is 8.10. The van der Waals surface area contributed by atoms with Crippen LogP contribution in [0.4, 0.5) is 0 Å². The van der Waals surface area contributed by atoms with Gasteiger partial charge in [0.05, 0.1) is 12.5 Å². The van der Waals surface area contributed by atoms with Crippen LogP contribution in [0.15, 0.2) is 0 Å². The zero-order chi connectivity index (χ0) is 17.4. The summed E-state index contributed by atoms with van der Waals surface area (Å²) in [6, 6.07) is -3.26. The van der Waals surface area contributed by atoms with Gasteiger partial charge in [0.15, 0.2) is 0 Å². The van der Waals surface area contributed by atoms with E-state index in [1.165, 1.54) is 6.92 Å². The van der Waals surface area contributed by atoms with E-state index in [0.29, 0.717) is 6.42 Å². The lowest BCUT2D eigenvalue weighted by Gasteiger charge is -2.21. The normalized spacial score (nSPS) is 14.8. The van der Waals surface area contributed by atoms with E-state index in [2.05, 4.69) is 10.6 Å². The molecule has 0 aromatic heterocycles. The summed E-state index contributed by atoms with van der Waals surface area (Å²) >= 11 is 0. The summed E-state index contributed by atoms with van der Waals surface area (Å²) in [6.07, 6.45) is -0.0411. The van der Waals surface area contributed by atoms with Crippen LogP contribution in [-0.2, 0) is 19.2 Å². The standard InChI is InChI=1S/C13H24N4O5/c1-6(2)4-8(14)11(19)17-9(5-10(15)18)12(20)16-7(3)13(21)22/h6-9H,4-5,14H2,1-3H3,(H2,15,18)(H,16,20)(H,17,19)(H,21,22). The van der Waals surface area contributed by atoms with Gasteiger partial charge in [-0.3, -0.25) is 19.2 Å². The molecule has 3 atom stereocenters. The summed E-state index contributed by atoms with van der Waals surface area (Å²) in [4.78, 5) is 45.6. The highest BCUT2D eigenvalue weighted by Crippen LogP contribution is 2.03. The average Bonchev–Trinajstić information content (AvgIpc) is 2.35. The molecule has 0 heterocycles. The average molecular weight is 316 g/mol. The summed E-state index contributed by atoms with van der Waals surface area (Å²) in [5, 5.41) is 13.2. The summed E-state index contributed by atoms with van der Waals surface area (Å²) in [5.41, 5.74) is 10.7. The number of rotatable bonds is 9. The van der Waals surface area contributed by atoms with Crippen molar-refractivity contribution in [3.8, 4) is 0 Å². The van der Waals surface area contributed by atoms with E-state index in [1.54, 1.807) is 0 Å². The van der Waals surface area contributed by atoms with Crippen molar-refractivity contribution in [1.29, 1.82) is 0 Å². The molecule has 0 radical (unpaired) electrons. The van der Waals surface area contributed by atoms with E-state index < -0.39 is 48.2 Å². The number of hydrogen-bond donors (Lipinski definition) is 5. The zero-order valence-electron chi connectivity index (χ0n) is 13.0. The SMILES string of the molecule is CC(C)CC(N)C(=O)NC(CC(N)=O)C(=O)NC(C)C(=O)O.